The largest absolute Gasteiger partial charge is 0.379 e. The van der Waals surface area contributed by atoms with Crippen LogP contribution in [0.3, 0.4) is 0 Å². The van der Waals surface area contributed by atoms with Crippen LogP contribution in [0.1, 0.15) is 18.4 Å². The van der Waals surface area contributed by atoms with Crippen LogP contribution < -0.4 is 10.5 Å². The fourth-order valence-electron chi connectivity index (χ4n) is 4.31. The molecule has 0 spiro atoms. The first-order chi connectivity index (χ1) is 13.7. The number of rotatable bonds is 6. The third-order valence-corrected chi connectivity index (χ3v) is 6.11. The van der Waals surface area contributed by atoms with Crippen LogP contribution in [0.2, 0.25) is 0 Å². The number of H-pyrrole nitrogens is 1. The van der Waals surface area contributed by atoms with E-state index in [2.05, 4.69) is 38.7 Å². The van der Waals surface area contributed by atoms with E-state index in [4.69, 9.17) is 4.74 Å². The van der Waals surface area contributed by atoms with Crippen molar-refractivity contribution in [2.45, 2.75) is 19.8 Å². The molecule has 0 bridgehead atoms. The molecule has 0 saturated carbocycles. The fraction of sp³-hybridized carbons (Fsp3) is 0.591. The first kappa shape index (κ1) is 19.4. The van der Waals surface area contributed by atoms with Gasteiger partial charge in [-0.25, -0.2) is 0 Å². The summed E-state index contributed by atoms with van der Waals surface area (Å²) >= 11 is 0. The average Bonchev–Trinajstić information content (AvgIpc) is 2.73. The van der Waals surface area contributed by atoms with Gasteiger partial charge in [0.25, 0.3) is 5.56 Å². The molecule has 2 fully saturated rings. The number of nitrogens with one attached hydrogen (secondary N) is 1. The van der Waals surface area contributed by atoms with Crippen LogP contribution in [0.5, 0.6) is 0 Å². The van der Waals surface area contributed by atoms with Crippen LogP contribution in [0.4, 0.5) is 5.82 Å². The Kier molecular flexibility index (Phi) is 6.29. The molecule has 0 amide bonds. The Morgan fingerprint density at radius 3 is 2.32 bits per heavy atom. The summed E-state index contributed by atoms with van der Waals surface area (Å²) in [6.45, 7) is 12.4. The van der Waals surface area contributed by atoms with Gasteiger partial charge in [-0.3, -0.25) is 14.6 Å². The van der Waals surface area contributed by atoms with Gasteiger partial charge in [0, 0.05) is 44.7 Å². The SMILES string of the molecule is Cc1cccc2c(=O)[nH]c(N3CCN(CCCCN4CCOCC4)CC3)cc12. The van der Waals surface area contributed by atoms with Crippen molar-refractivity contribution in [1.29, 1.82) is 0 Å². The minimum absolute atomic E-state index is 0.0155. The van der Waals surface area contributed by atoms with E-state index in [1.807, 2.05) is 12.1 Å². The molecule has 0 aliphatic carbocycles. The lowest BCUT2D eigenvalue weighted by atomic mass is 10.1. The van der Waals surface area contributed by atoms with Gasteiger partial charge in [-0.05, 0) is 55.9 Å². The first-order valence-electron chi connectivity index (χ1n) is 10.6. The topological polar surface area (TPSA) is 51.8 Å². The lowest BCUT2D eigenvalue weighted by Gasteiger charge is -2.36. The summed E-state index contributed by atoms with van der Waals surface area (Å²) in [5, 5.41) is 1.84. The van der Waals surface area contributed by atoms with Crippen LogP contribution >= 0.6 is 0 Å². The number of nitrogens with zero attached hydrogens (tertiary/aromatic N) is 3. The highest BCUT2D eigenvalue weighted by Gasteiger charge is 2.18. The molecular weight excluding hydrogens is 352 g/mol. The molecule has 2 saturated heterocycles. The molecule has 152 valence electrons. The van der Waals surface area contributed by atoms with Gasteiger partial charge < -0.3 is 14.6 Å². The van der Waals surface area contributed by atoms with Crippen LogP contribution in [-0.4, -0.2) is 80.4 Å². The van der Waals surface area contributed by atoms with Crippen molar-refractivity contribution in [3.63, 3.8) is 0 Å². The normalized spacial score (nSPS) is 19.4. The highest BCUT2D eigenvalue weighted by Crippen LogP contribution is 2.21. The van der Waals surface area contributed by atoms with Gasteiger partial charge in [0.15, 0.2) is 0 Å². The van der Waals surface area contributed by atoms with Gasteiger partial charge in [-0.1, -0.05) is 12.1 Å². The third kappa shape index (κ3) is 4.57. The molecule has 1 N–H and O–H groups in total. The minimum Gasteiger partial charge on any atom is -0.379 e. The Labute approximate surface area is 167 Å². The number of hydrogen-bond acceptors (Lipinski definition) is 5. The Morgan fingerprint density at radius 2 is 1.61 bits per heavy atom. The van der Waals surface area contributed by atoms with Crippen molar-refractivity contribution in [2.24, 2.45) is 0 Å². The highest BCUT2D eigenvalue weighted by molar-refractivity contribution is 5.86. The second kappa shape index (κ2) is 9.07. The van der Waals surface area contributed by atoms with Gasteiger partial charge in [0.2, 0.25) is 0 Å². The number of benzene rings is 1. The molecule has 6 nitrogen and oxygen atoms in total. The quantitative estimate of drug-likeness (QED) is 0.773. The number of hydrogen-bond donors (Lipinski definition) is 1. The molecule has 2 aliphatic rings. The lowest BCUT2D eigenvalue weighted by molar-refractivity contribution is 0.0368. The maximum Gasteiger partial charge on any atom is 0.257 e. The predicted molar refractivity (Wildman–Crippen MR) is 114 cm³/mol. The lowest BCUT2D eigenvalue weighted by Crippen LogP contribution is -2.47. The number of ether oxygens (including phenoxy) is 1. The summed E-state index contributed by atoms with van der Waals surface area (Å²) < 4.78 is 5.41. The van der Waals surface area contributed by atoms with Crippen molar-refractivity contribution in [2.75, 3.05) is 70.5 Å². The van der Waals surface area contributed by atoms with Gasteiger partial charge in [-0.2, -0.15) is 0 Å². The maximum absolute atomic E-state index is 12.5. The summed E-state index contributed by atoms with van der Waals surface area (Å²) in [5.41, 5.74) is 1.17. The van der Waals surface area contributed by atoms with Crippen LogP contribution in [0, 0.1) is 6.92 Å². The zero-order chi connectivity index (χ0) is 19.3. The molecule has 2 aromatic rings. The molecule has 1 aromatic carbocycles. The van der Waals surface area contributed by atoms with Crippen molar-refractivity contribution in [3.8, 4) is 0 Å². The smallest absolute Gasteiger partial charge is 0.257 e. The number of pyridine rings is 1. The molecular formula is C22H32N4O2. The molecule has 0 atom stereocenters. The Morgan fingerprint density at radius 1 is 0.929 bits per heavy atom. The van der Waals surface area contributed by atoms with Crippen LogP contribution in [0.15, 0.2) is 29.1 Å². The van der Waals surface area contributed by atoms with E-state index in [0.29, 0.717) is 0 Å². The number of anilines is 1. The van der Waals surface area contributed by atoms with E-state index in [9.17, 15) is 4.79 Å². The van der Waals surface area contributed by atoms with Crippen molar-refractivity contribution >= 4 is 16.6 Å². The minimum atomic E-state index is 0.0155. The number of fused-ring (bicyclic) bond motifs is 1. The second-order valence-corrected chi connectivity index (χ2v) is 8.01. The van der Waals surface area contributed by atoms with E-state index >= 15 is 0 Å². The molecule has 2 aliphatic heterocycles. The Balaban J connectivity index is 1.26. The Bertz CT molecular complexity index is 836. The summed E-state index contributed by atoms with van der Waals surface area (Å²) in [6.07, 6.45) is 2.51. The number of aromatic amines is 1. The molecule has 3 heterocycles. The number of piperazine rings is 1. The Hall–Kier alpha value is -1.89. The number of morpholine rings is 1. The number of unbranched alkanes of at least 4 members (excludes halogenated alkanes) is 1. The molecule has 0 radical (unpaired) electrons. The van der Waals surface area contributed by atoms with Crippen molar-refractivity contribution in [3.05, 3.63) is 40.2 Å². The van der Waals surface area contributed by atoms with Gasteiger partial charge in [0.1, 0.15) is 5.82 Å². The number of aryl methyl sites for hydroxylation is 1. The predicted octanol–water partition coefficient (Wildman–Crippen LogP) is 2.07. The van der Waals surface area contributed by atoms with Crippen LogP contribution in [-0.2, 0) is 4.74 Å². The van der Waals surface area contributed by atoms with E-state index in [-0.39, 0.29) is 5.56 Å². The van der Waals surface area contributed by atoms with Gasteiger partial charge in [0.05, 0.1) is 13.2 Å². The van der Waals surface area contributed by atoms with Crippen molar-refractivity contribution in [1.82, 2.24) is 14.8 Å². The molecule has 28 heavy (non-hydrogen) atoms. The fourth-order valence-corrected chi connectivity index (χ4v) is 4.31. The average molecular weight is 385 g/mol. The molecule has 1 aromatic heterocycles. The monoisotopic (exact) mass is 384 g/mol. The summed E-state index contributed by atoms with van der Waals surface area (Å²) in [7, 11) is 0. The molecule has 6 heteroatoms. The van der Waals surface area contributed by atoms with E-state index in [0.717, 1.165) is 74.6 Å². The van der Waals surface area contributed by atoms with E-state index < -0.39 is 0 Å². The zero-order valence-corrected chi connectivity index (χ0v) is 17.0. The van der Waals surface area contributed by atoms with E-state index in [1.165, 1.54) is 25.9 Å². The van der Waals surface area contributed by atoms with Crippen LogP contribution in [0.25, 0.3) is 10.8 Å². The van der Waals surface area contributed by atoms with Gasteiger partial charge >= 0.3 is 0 Å². The first-order valence-corrected chi connectivity index (χ1v) is 10.6. The standard InChI is InChI=1S/C22H32N4O2/c1-18-5-4-6-19-20(18)17-21(23-22(19)27)26-11-9-24(10-12-26)7-2-3-8-25-13-15-28-16-14-25/h4-6,17H,2-3,7-16H2,1H3,(H,23,27). The summed E-state index contributed by atoms with van der Waals surface area (Å²) in [4.78, 5) is 22.9. The molecule has 4 rings (SSSR count). The number of aromatic nitrogens is 1. The highest BCUT2D eigenvalue weighted by atomic mass is 16.5. The van der Waals surface area contributed by atoms with Crippen molar-refractivity contribution < 1.29 is 4.74 Å². The molecule has 0 unspecified atom stereocenters. The summed E-state index contributed by atoms with van der Waals surface area (Å²) in [5.74, 6) is 0.957. The third-order valence-electron chi connectivity index (χ3n) is 6.11. The van der Waals surface area contributed by atoms with Gasteiger partial charge in [-0.15, -0.1) is 0 Å². The van der Waals surface area contributed by atoms with E-state index in [1.54, 1.807) is 0 Å². The zero-order valence-electron chi connectivity index (χ0n) is 17.0. The second-order valence-electron chi connectivity index (χ2n) is 8.01. The maximum atomic E-state index is 12.5. The summed E-state index contributed by atoms with van der Waals surface area (Å²) in [6, 6.07) is 8.06.